The van der Waals surface area contributed by atoms with E-state index in [9.17, 15) is 37.1 Å². The van der Waals surface area contributed by atoms with Crippen molar-refractivity contribution in [3.8, 4) is 0 Å². The van der Waals surface area contributed by atoms with E-state index < -0.39 is 71.4 Å². The number of hydrogen-bond acceptors (Lipinski definition) is 5. The standard InChI is InChI=1S/C25H35ClF3N5O5/c1-5-11(2)16(31-20(36)13-8-25(13,28)29)22(38)33-10-14-15(24(14,3)4)17(33)21(37)32-34(23(39)18(26)27)9-12-6-7-30-19(12)35/h11-18H,5-10H2,1-4H3,(H,30,35)(H,31,36)(H,32,37)/t11-,12+,13?,14+,15+,16+,17+,18-/m1/s1. The second kappa shape index (κ2) is 10.4. The molecule has 2 heterocycles. The zero-order valence-electron chi connectivity index (χ0n) is 22.3. The number of piperidine rings is 1. The van der Waals surface area contributed by atoms with Crippen molar-refractivity contribution in [1.29, 1.82) is 0 Å². The minimum absolute atomic E-state index is 0.0510. The highest BCUT2D eigenvalue weighted by atomic mass is 35.5. The average molecular weight is 578 g/mol. The van der Waals surface area contributed by atoms with Crippen molar-refractivity contribution in [1.82, 2.24) is 26.0 Å². The van der Waals surface area contributed by atoms with Gasteiger partial charge in [0.15, 0.2) is 0 Å². The van der Waals surface area contributed by atoms with Crippen molar-refractivity contribution in [2.75, 3.05) is 19.6 Å². The van der Waals surface area contributed by atoms with Crippen LogP contribution in [0.4, 0.5) is 13.2 Å². The quantitative estimate of drug-likeness (QED) is 0.280. The van der Waals surface area contributed by atoms with Gasteiger partial charge in [0.1, 0.15) is 18.0 Å². The van der Waals surface area contributed by atoms with Crippen LogP contribution < -0.4 is 16.1 Å². The van der Waals surface area contributed by atoms with Crippen LogP contribution in [0.3, 0.4) is 0 Å². The molecule has 10 nitrogen and oxygen atoms in total. The number of rotatable bonds is 9. The molecule has 0 spiro atoms. The second-order valence-corrected chi connectivity index (χ2v) is 12.2. The van der Waals surface area contributed by atoms with Gasteiger partial charge < -0.3 is 15.5 Å². The lowest BCUT2D eigenvalue weighted by molar-refractivity contribution is -0.150. The lowest BCUT2D eigenvalue weighted by Crippen LogP contribution is -2.60. The lowest BCUT2D eigenvalue weighted by Gasteiger charge is -2.36. The van der Waals surface area contributed by atoms with Gasteiger partial charge in [-0.2, -0.15) is 0 Å². The first kappa shape index (κ1) is 29.4. The summed E-state index contributed by atoms with van der Waals surface area (Å²) in [5.41, 5.74) is -0.383. The monoisotopic (exact) mass is 577 g/mol. The lowest BCUT2D eigenvalue weighted by atomic mass is 9.95. The first-order valence-corrected chi connectivity index (χ1v) is 13.7. The molecule has 2 aliphatic heterocycles. The molecule has 8 atom stereocenters. The zero-order chi connectivity index (χ0) is 29.0. The summed E-state index contributed by atoms with van der Waals surface area (Å²) in [6.45, 7) is 7.64. The van der Waals surface area contributed by atoms with Crippen LogP contribution in [0.1, 0.15) is 47.0 Å². The van der Waals surface area contributed by atoms with E-state index >= 15 is 0 Å². The summed E-state index contributed by atoms with van der Waals surface area (Å²) in [7, 11) is 0. The van der Waals surface area contributed by atoms with Gasteiger partial charge in [0, 0.05) is 19.5 Å². The van der Waals surface area contributed by atoms with Crippen LogP contribution in [-0.4, -0.2) is 82.7 Å². The Labute approximate surface area is 229 Å². The zero-order valence-corrected chi connectivity index (χ0v) is 23.1. The summed E-state index contributed by atoms with van der Waals surface area (Å²) in [5.74, 6) is -9.86. The van der Waals surface area contributed by atoms with E-state index in [1.54, 1.807) is 13.8 Å². The molecule has 4 fully saturated rings. The summed E-state index contributed by atoms with van der Waals surface area (Å²) in [5, 5.41) is 5.77. The van der Waals surface area contributed by atoms with Crippen molar-refractivity contribution in [2.45, 2.75) is 70.6 Å². The SMILES string of the molecule is CC[C@@H](C)[C@H](NC(=O)C1CC1(F)F)C(=O)N1C[C@H]2[C@@H]([C@H]1C(=O)NN(C[C@@H]1CCNC1=O)C(=O)[C@@H](F)Cl)C2(C)C. The van der Waals surface area contributed by atoms with Gasteiger partial charge in [0.2, 0.25) is 17.7 Å². The van der Waals surface area contributed by atoms with E-state index in [4.69, 9.17) is 11.6 Å². The highest BCUT2D eigenvalue weighted by molar-refractivity contribution is 6.29. The largest absolute Gasteiger partial charge is 0.356 e. The van der Waals surface area contributed by atoms with Gasteiger partial charge in [-0.05, 0) is 29.6 Å². The van der Waals surface area contributed by atoms with Crippen molar-refractivity contribution in [3.05, 3.63) is 0 Å². The maximum absolute atomic E-state index is 13.8. The number of fused-ring (bicyclic) bond motifs is 1. The van der Waals surface area contributed by atoms with Crippen LogP contribution >= 0.6 is 11.6 Å². The Morgan fingerprint density at radius 3 is 2.38 bits per heavy atom. The van der Waals surface area contributed by atoms with Gasteiger partial charge in [0.25, 0.3) is 23.4 Å². The first-order valence-electron chi connectivity index (χ1n) is 13.3. The van der Waals surface area contributed by atoms with E-state index in [1.165, 1.54) is 4.90 Å². The topological polar surface area (TPSA) is 128 Å². The van der Waals surface area contributed by atoms with Crippen molar-refractivity contribution in [3.63, 3.8) is 0 Å². The third-order valence-corrected chi connectivity index (χ3v) is 9.13. The van der Waals surface area contributed by atoms with E-state index in [1.807, 2.05) is 13.8 Å². The Hall–Kier alpha value is -2.57. The molecule has 0 aromatic heterocycles. The highest BCUT2D eigenvalue weighted by Gasteiger charge is 2.70. The number of carbonyl (C=O) groups is 5. The van der Waals surface area contributed by atoms with Gasteiger partial charge in [-0.1, -0.05) is 45.7 Å². The van der Waals surface area contributed by atoms with Gasteiger partial charge in [-0.15, -0.1) is 0 Å². The smallest absolute Gasteiger partial charge is 0.291 e. The molecule has 14 heteroatoms. The second-order valence-electron chi connectivity index (χ2n) is 11.8. The number of hydrazine groups is 1. The molecule has 0 aromatic carbocycles. The molecule has 4 rings (SSSR count). The third-order valence-electron chi connectivity index (χ3n) is 8.94. The minimum atomic E-state index is -3.10. The molecule has 0 aromatic rings. The van der Waals surface area contributed by atoms with Crippen molar-refractivity contribution >= 4 is 41.1 Å². The number of nitrogens with one attached hydrogen (secondary N) is 3. The summed E-state index contributed by atoms with van der Waals surface area (Å²) < 4.78 is 40.8. The maximum atomic E-state index is 13.8. The summed E-state index contributed by atoms with van der Waals surface area (Å²) in [6, 6.07) is -2.20. The average Bonchev–Trinajstić information content (AvgIpc) is 3.42. The molecule has 3 N–H and O–H groups in total. The number of halogens is 4. The van der Waals surface area contributed by atoms with Crippen molar-refractivity contribution in [2.24, 2.45) is 35.0 Å². The fraction of sp³-hybridized carbons (Fsp3) is 0.800. The Kier molecular flexibility index (Phi) is 7.87. The Balaban J connectivity index is 1.54. The Morgan fingerprint density at radius 1 is 1.23 bits per heavy atom. The number of alkyl halides is 4. The number of carbonyl (C=O) groups excluding carboxylic acids is 5. The van der Waals surface area contributed by atoms with E-state index in [-0.39, 0.29) is 36.2 Å². The molecule has 2 saturated heterocycles. The number of hydrogen-bond donors (Lipinski definition) is 3. The van der Waals surface area contributed by atoms with Gasteiger partial charge in [-0.3, -0.25) is 29.4 Å². The van der Waals surface area contributed by atoms with Crippen LogP contribution in [0.2, 0.25) is 0 Å². The molecule has 5 amide bonds. The minimum Gasteiger partial charge on any atom is -0.356 e. The summed E-state index contributed by atoms with van der Waals surface area (Å²) in [6.07, 6.45) is 0.256. The first-order chi connectivity index (χ1) is 18.1. The highest BCUT2D eigenvalue weighted by Crippen LogP contribution is 2.65. The predicted molar refractivity (Wildman–Crippen MR) is 132 cm³/mol. The fourth-order valence-electron chi connectivity index (χ4n) is 5.97. The molecular weight excluding hydrogens is 543 g/mol. The molecule has 0 radical (unpaired) electrons. The predicted octanol–water partition coefficient (Wildman–Crippen LogP) is 1.19. The van der Waals surface area contributed by atoms with Crippen molar-refractivity contribution < 1.29 is 37.1 Å². The summed E-state index contributed by atoms with van der Waals surface area (Å²) >= 11 is 5.37. The number of amides is 5. The fourth-order valence-corrected chi connectivity index (χ4v) is 6.09. The molecule has 2 aliphatic carbocycles. The molecule has 39 heavy (non-hydrogen) atoms. The maximum Gasteiger partial charge on any atom is 0.291 e. The molecule has 0 bridgehead atoms. The molecule has 1 unspecified atom stereocenters. The van der Waals surface area contributed by atoms with E-state index in [0.29, 0.717) is 24.4 Å². The van der Waals surface area contributed by atoms with Crippen LogP contribution in [0.5, 0.6) is 0 Å². The molecule has 2 saturated carbocycles. The number of nitrogens with zero attached hydrogens (tertiary/aromatic N) is 2. The van der Waals surface area contributed by atoms with E-state index in [0.717, 1.165) is 0 Å². The third kappa shape index (κ3) is 5.55. The van der Waals surface area contributed by atoms with E-state index in [2.05, 4.69) is 16.1 Å². The van der Waals surface area contributed by atoms with Gasteiger partial charge in [-0.25, -0.2) is 18.2 Å². The van der Waals surface area contributed by atoms with Crippen LogP contribution in [0.15, 0.2) is 0 Å². The van der Waals surface area contributed by atoms with Crippen LogP contribution in [0, 0.1) is 35.0 Å². The normalized spacial score (nSPS) is 31.8. The van der Waals surface area contributed by atoms with Gasteiger partial charge >= 0.3 is 0 Å². The van der Waals surface area contributed by atoms with Crippen LogP contribution in [-0.2, 0) is 24.0 Å². The van der Waals surface area contributed by atoms with Gasteiger partial charge in [0.05, 0.1) is 12.5 Å². The Morgan fingerprint density at radius 2 is 1.87 bits per heavy atom. The summed E-state index contributed by atoms with van der Waals surface area (Å²) in [4.78, 5) is 65.7. The number of likely N-dealkylation sites (tertiary alicyclic amines) is 1. The Bertz CT molecular complexity index is 1060. The molecular formula is C25H35ClF3N5O5. The molecule has 218 valence electrons. The molecule has 4 aliphatic rings. The van der Waals surface area contributed by atoms with Crippen LogP contribution in [0.25, 0.3) is 0 Å².